The summed E-state index contributed by atoms with van der Waals surface area (Å²) >= 11 is 0. The molecule has 2 rings (SSSR count). The van der Waals surface area contributed by atoms with Crippen LogP contribution in [0, 0.1) is 0 Å². The van der Waals surface area contributed by atoms with Crippen molar-refractivity contribution in [3.8, 4) is 0 Å². The van der Waals surface area contributed by atoms with Crippen LogP contribution in [0.25, 0.3) is 0 Å². The Morgan fingerprint density at radius 2 is 1.41 bits per heavy atom. The SMILES string of the molecule is C[C@@H](C[NH+](CC[NH+](C)C)Cc1ccccc1)c1ccccc1. The van der Waals surface area contributed by atoms with Crippen molar-refractivity contribution in [3.05, 3.63) is 71.8 Å². The summed E-state index contributed by atoms with van der Waals surface area (Å²) in [5.74, 6) is 0.595. The maximum absolute atomic E-state index is 2.35. The van der Waals surface area contributed by atoms with E-state index in [1.165, 1.54) is 35.7 Å². The van der Waals surface area contributed by atoms with Crippen LogP contribution in [0.3, 0.4) is 0 Å². The Labute approximate surface area is 135 Å². The van der Waals surface area contributed by atoms with E-state index in [1.807, 2.05) is 0 Å². The van der Waals surface area contributed by atoms with Gasteiger partial charge in [-0.2, -0.15) is 0 Å². The summed E-state index contributed by atoms with van der Waals surface area (Å²) in [6, 6.07) is 21.8. The van der Waals surface area contributed by atoms with Gasteiger partial charge in [0.15, 0.2) is 0 Å². The lowest BCUT2D eigenvalue weighted by molar-refractivity contribution is -0.951. The maximum atomic E-state index is 2.35. The molecule has 0 spiro atoms. The number of likely N-dealkylation sites (N-methyl/N-ethyl adjacent to an activating group) is 1. The number of nitrogens with one attached hydrogen (secondary N) is 2. The number of benzene rings is 2. The van der Waals surface area contributed by atoms with Crippen molar-refractivity contribution in [2.45, 2.75) is 19.4 Å². The highest BCUT2D eigenvalue weighted by molar-refractivity contribution is 5.18. The molecule has 0 aliphatic carbocycles. The summed E-state index contributed by atoms with van der Waals surface area (Å²) in [7, 11) is 4.47. The molecule has 0 bridgehead atoms. The average molecular weight is 298 g/mol. The largest absolute Gasteiger partial charge is 0.335 e. The minimum Gasteiger partial charge on any atom is -0.335 e. The van der Waals surface area contributed by atoms with Gasteiger partial charge in [-0.05, 0) is 5.56 Å². The molecule has 0 heterocycles. The zero-order valence-electron chi connectivity index (χ0n) is 14.2. The molecule has 0 saturated carbocycles. The third-order valence-corrected chi connectivity index (χ3v) is 4.24. The third-order valence-electron chi connectivity index (χ3n) is 4.24. The Bertz CT molecular complexity index is 522. The molecule has 0 fully saturated rings. The van der Waals surface area contributed by atoms with Crippen LogP contribution in [0.15, 0.2) is 60.7 Å². The van der Waals surface area contributed by atoms with Gasteiger partial charge >= 0.3 is 0 Å². The quantitative estimate of drug-likeness (QED) is 0.720. The van der Waals surface area contributed by atoms with Crippen LogP contribution in [0.5, 0.6) is 0 Å². The molecule has 118 valence electrons. The zero-order valence-corrected chi connectivity index (χ0v) is 14.2. The van der Waals surface area contributed by atoms with Gasteiger partial charge in [0.05, 0.1) is 20.6 Å². The molecule has 2 heteroatoms. The van der Waals surface area contributed by atoms with E-state index in [4.69, 9.17) is 0 Å². The standard InChI is InChI=1S/C20H28N2/c1-18(20-12-8-5-9-13-20)16-22(15-14-21(2)3)17-19-10-6-4-7-11-19/h4-13,18H,14-17H2,1-3H3/p+2/t18-/m0/s1. The van der Waals surface area contributed by atoms with Gasteiger partial charge in [0, 0.05) is 11.5 Å². The van der Waals surface area contributed by atoms with E-state index < -0.39 is 0 Å². The molecule has 2 nitrogen and oxygen atoms in total. The molecular weight excluding hydrogens is 268 g/mol. The molecular formula is C20H30N2+2. The minimum atomic E-state index is 0.595. The van der Waals surface area contributed by atoms with Crippen molar-refractivity contribution in [3.63, 3.8) is 0 Å². The number of hydrogen-bond acceptors (Lipinski definition) is 0. The van der Waals surface area contributed by atoms with Gasteiger partial charge in [-0.3, -0.25) is 0 Å². The van der Waals surface area contributed by atoms with Crippen LogP contribution in [0.1, 0.15) is 24.0 Å². The first kappa shape index (κ1) is 16.7. The Kier molecular flexibility index (Phi) is 6.63. The van der Waals surface area contributed by atoms with Gasteiger partial charge in [-0.1, -0.05) is 67.6 Å². The monoisotopic (exact) mass is 298 g/mol. The van der Waals surface area contributed by atoms with E-state index in [0.717, 1.165) is 6.54 Å². The van der Waals surface area contributed by atoms with Gasteiger partial charge in [-0.15, -0.1) is 0 Å². The number of rotatable bonds is 8. The smallest absolute Gasteiger partial charge is 0.127 e. The van der Waals surface area contributed by atoms with E-state index in [9.17, 15) is 0 Å². The second-order valence-corrected chi connectivity index (χ2v) is 6.64. The summed E-state index contributed by atoms with van der Waals surface area (Å²) in [6.07, 6.45) is 0. The van der Waals surface area contributed by atoms with Crippen LogP contribution in [0.2, 0.25) is 0 Å². The molecule has 2 aromatic rings. The summed E-state index contributed by atoms with van der Waals surface area (Å²) in [6.45, 7) is 7.08. The molecule has 2 N–H and O–H groups in total. The molecule has 0 radical (unpaired) electrons. The fraction of sp³-hybridized carbons (Fsp3) is 0.400. The van der Waals surface area contributed by atoms with Crippen molar-refractivity contribution in [2.24, 2.45) is 0 Å². The maximum Gasteiger partial charge on any atom is 0.127 e. The van der Waals surface area contributed by atoms with E-state index >= 15 is 0 Å². The van der Waals surface area contributed by atoms with E-state index in [1.54, 1.807) is 4.90 Å². The molecule has 2 atom stereocenters. The van der Waals surface area contributed by atoms with E-state index in [0.29, 0.717) is 5.92 Å². The molecule has 0 aliphatic rings. The Morgan fingerprint density at radius 1 is 0.818 bits per heavy atom. The Hall–Kier alpha value is -1.64. The van der Waals surface area contributed by atoms with E-state index in [-0.39, 0.29) is 0 Å². The molecule has 1 unspecified atom stereocenters. The van der Waals surface area contributed by atoms with E-state index in [2.05, 4.69) is 81.7 Å². The minimum absolute atomic E-state index is 0.595. The van der Waals surface area contributed by atoms with Gasteiger partial charge < -0.3 is 9.80 Å². The molecule has 0 saturated heterocycles. The first-order valence-electron chi connectivity index (χ1n) is 8.36. The predicted octanol–water partition coefficient (Wildman–Crippen LogP) is 1.02. The fourth-order valence-electron chi connectivity index (χ4n) is 2.91. The van der Waals surface area contributed by atoms with Crippen molar-refractivity contribution < 1.29 is 9.80 Å². The van der Waals surface area contributed by atoms with Crippen LogP contribution in [-0.4, -0.2) is 33.7 Å². The molecule has 0 aliphatic heterocycles. The van der Waals surface area contributed by atoms with Crippen LogP contribution in [-0.2, 0) is 6.54 Å². The highest BCUT2D eigenvalue weighted by Gasteiger charge is 2.16. The normalized spacial score (nSPS) is 14.0. The Morgan fingerprint density at radius 3 is 2.00 bits per heavy atom. The lowest BCUT2D eigenvalue weighted by Gasteiger charge is -2.24. The second-order valence-electron chi connectivity index (χ2n) is 6.64. The lowest BCUT2D eigenvalue weighted by Crippen LogP contribution is -3.17. The molecule has 0 amide bonds. The average Bonchev–Trinajstić information content (AvgIpc) is 2.54. The summed E-state index contributed by atoms with van der Waals surface area (Å²) in [5, 5.41) is 0. The number of quaternary nitrogens is 2. The summed E-state index contributed by atoms with van der Waals surface area (Å²) in [5.41, 5.74) is 2.89. The Balaban J connectivity index is 2.00. The van der Waals surface area contributed by atoms with Crippen molar-refractivity contribution in [1.29, 1.82) is 0 Å². The molecule has 0 aromatic heterocycles. The van der Waals surface area contributed by atoms with Gasteiger partial charge in [0.25, 0.3) is 0 Å². The second kappa shape index (κ2) is 8.72. The highest BCUT2D eigenvalue weighted by atomic mass is 15.2. The van der Waals surface area contributed by atoms with Crippen molar-refractivity contribution in [1.82, 2.24) is 0 Å². The highest BCUT2D eigenvalue weighted by Crippen LogP contribution is 2.12. The van der Waals surface area contributed by atoms with Gasteiger partial charge in [0.1, 0.15) is 19.6 Å². The summed E-state index contributed by atoms with van der Waals surface area (Å²) < 4.78 is 0. The topological polar surface area (TPSA) is 8.88 Å². The van der Waals surface area contributed by atoms with Crippen LogP contribution >= 0.6 is 0 Å². The number of hydrogen-bond donors (Lipinski definition) is 2. The van der Waals surface area contributed by atoms with Gasteiger partial charge in [-0.25, -0.2) is 0 Å². The first-order chi connectivity index (χ1) is 10.6. The molecule has 2 aromatic carbocycles. The third kappa shape index (κ3) is 5.63. The van der Waals surface area contributed by atoms with Crippen molar-refractivity contribution in [2.75, 3.05) is 33.7 Å². The first-order valence-corrected chi connectivity index (χ1v) is 8.36. The summed E-state index contributed by atoms with van der Waals surface area (Å²) in [4.78, 5) is 3.20. The predicted molar refractivity (Wildman–Crippen MR) is 93.4 cm³/mol. The zero-order chi connectivity index (χ0) is 15.8. The van der Waals surface area contributed by atoms with Crippen molar-refractivity contribution >= 4 is 0 Å². The van der Waals surface area contributed by atoms with Crippen LogP contribution in [0.4, 0.5) is 0 Å². The van der Waals surface area contributed by atoms with Crippen LogP contribution < -0.4 is 9.80 Å². The van der Waals surface area contributed by atoms with Gasteiger partial charge in [0.2, 0.25) is 0 Å². The lowest BCUT2D eigenvalue weighted by atomic mass is 10.0. The fourth-order valence-corrected chi connectivity index (χ4v) is 2.91. The molecule has 22 heavy (non-hydrogen) atoms.